The van der Waals surface area contributed by atoms with E-state index in [1.165, 1.54) is 38.8 Å². The topological polar surface area (TPSA) is 12.5 Å². The van der Waals surface area contributed by atoms with Crippen LogP contribution in [0.25, 0.3) is 0 Å². The molecule has 2 heteroatoms. The number of terminal acetylenes is 1. The molecule has 2 saturated heterocycles. The highest BCUT2D eigenvalue weighted by molar-refractivity contribution is 5.36. The maximum absolute atomic E-state index is 5.78. The summed E-state index contributed by atoms with van der Waals surface area (Å²) in [5, 5.41) is 0. The third kappa shape index (κ3) is 3.16. The average Bonchev–Trinajstić information content (AvgIpc) is 2.53. The Bertz CT molecular complexity index is 465. The summed E-state index contributed by atoms with van der Waals surface area (Å²) < 4.78 is 5.78. The molecule has 2 bridgehead atoms. The van der Waals surface area contributed by atoms with E-state index in [2.05, 4.69) is 10.8 Å². The molecule has 0 N–H and O–H groups in total. The van der Waals surface area contributed by atoms with Gasteiger partial charge in [-0.15, -0.1) is 6.42 Å². The summed E-state index contributed by atoms with van der Waals surface area (Å²) in [7, 11) is 0. The summed E-state index contributed by atoms with van der Waals surface area (Å²) in [5.41, 5.74) is 0.904. The van der Waals surface area contributed by atoms with Crippen molar-refractivity contribution in [1.82, 2.24) is 4.90 Å². The molecule has 0 unspecified atom stereocenters. The second kappa shape index (κ2) is 6.33. The van der Waals surface area contributed by atoms with Gasteiger partial charge in [0.1, 0.15) is 5.75 Å². The highest BCUT2D eigenvalue weighted by atomic mass is 16.5. The molecule has 106 valence electrons. The van der Waals surface area contributed by atoms with Gasteiger partial charge in [-0.05, 0) is 62.3 Å². The fourth-order valence-electron chi connectivity index (χ4n) is 3.55. The van der Waals surface area contributed by atoms with E-state index in [1.54, 1.807) is 0 Å². The van der Waals surface area contributed by atoms with Crippen LogP contribution in [0.1, 0.15) is 37.7 Å². The van der Waals surface area contributed by atoms with Gasteiger partial charge in [-0.25, -0.2) is 0 Å². The lowest BCUT2D eigenvalue weighted by atomic mass is 9.80. The first-order valence-electron chi connectivity index (χ1n) is 7.78. The fourth-order valence-corrected chi connectivity index (χ4v) is 3.55. The van der Waals surface area contributed by atoms with E-state index < -0.39 is 0 Å². The molecule has 1 saturated carbocycles. The molecule has 1 aromatic rings. The van der Waals surface area contributed by atoms with Crippen molar-refractivity contribution in [3.63, 3.8) is 0 Å². The Morgan fingerprint density at radius 2 is 1.90 bits per heavy atom. The first-order chi connectivity index (χ1) is 9.85. The van der Waals surface area contributed by atoms with Crippen molar-refractivity contribution in [2.75, 3.05) is 19.7 Å². The van der Waals surface area contributed by atoms with Crippen LogP contribution in [-0.2, 0) is 0 Å². The van der Waals surface area contributed by atoms with Gasteiger partial charge in [0.15, 0.2) is 0 Å². The zero-order valence-electron chi connectivity index (χ0n) is 12.1. The predicted octanol–water partition coefficient (Wildman–Crippen LogP) is 3.31. The minimum atomic E-state index is 0.795. The third-order valence-electron chi connectivity index (χ3n) is 4.70. The lowest BCUT2D eigenvalue weighted by Gasteiger charge is -2.45. The molecule has 2 heterocycles. The predicted molar refractivity (Wildman–Crippen MR) is 81.8 cm³/mol. The van der Waals surface area contributed by atoms with Gasteiger partial charge in [0.2, 0.25) is 0 Å². The van der Waals surface area contributed by atoms with Crippen LogP contribution in [0, 0.1) is 18.3 Å². The molecule has 0 radical (unpaired) electrons. The molecule has 0 atom stereocenters. The average molecular weight is 269 g/mol. The van der Waals surface area contributed by atoms with Crippen molar-refractivity contribution in [3.05, 3.63) is 29.8 Å². The molecule has 20 heavy (non-hydrogen) atoms. The highest BCUT2D eigenvalue weighted by Crippen LogP contribution is 2.34. The van der Waals surface area contributed by atoms with Crippen molar-refractivity contribution in [1.29, 1.82) is 0 Å². The number of fused-ring (bicyclic) bond motifs is 3. The van der Waals surface area contributed by atoms with Gasteiger partial charge in [0.25, 0.3) is 0 Å². The summed E-state index contributed by atoms with van der Waals surface area (Å²) in [6.45, 7) is 3.30. The van der Waals surface area contributed by atoms with Crippen LogP contribution in [0.2, 0.25) is 0 Å². The number of ether oxygens (including phenoxy) is 1. The van der Waals surface area contributed by atoms with Gasteiger partial charge >= 0.3 is 0 Å². The first-order valence-corrected chi connectivity index (χ1v) is 7.78. The van der Waals surface area contributed by atoms with Crippen LogP contribution in [0.4, 0.5) is 0 Å². The van der Waals surface area contributed by atoms with E-state index in [-0.39, 0.29) is 0 Å². The summed E-state index contributed by atoms with van der Waals surface area (Å²) >= 11 is 0. The number of piperidine rings is 2. The van der Waals surface area contributed by atoms with Crippen molar-refractivity contribution >= 4 is 0 Å². The van der Waals surface area contributed by atoms with Crippen LogP contribution >= 0.6 is 0 Å². The number of nitrogens with zero attached hydrogens (tertiary/aromatic N) is 1. The molecule has 3 aliphatic rings. The fraction of sp³-hybridized carbons (Fsp3) is 0.556. The van der Waals surface area contributed by atoms with Gasteiger partial charge in [0.05, 0.1) is 6.61 Å². The summed E-state index contributed by atoms with van der Waals surface area (Å²) in [4.78, 5) is 2.68. The normalized spacial score (nSPS) is 25.4. The second-order valence-electron chi connectivity index (χ2n) is 6.04. The molecule has 2 aliphatic heterocycles. The van der Waals surface area contributed by atoms with Crippen molar-refractivity contribution in [3.8, 4) is 18.1 Å². The van der Waals surface area contributed by atoms with Crippen molar-refractivity contribution in [2.24, 2.45) is 5.92 Å². The lowest BCUT2D eigenvalue weighted by molar-refractivity contribution is 0.0452. The maximum atomic E-state index is 5.78. The third-order valence-corrected chi connectivity index (χ3v) is 4.70. The molecule has 2 nitrogen and oxygen atoms in total. The van der Waals surface area contributed by atoms with Crippen LogP contribution in [0.5, 0.6) is 5.75 Å². The zero-order valence-corrected chi connectivity index (χ0v) is 12.1. The number of benzene rings is 1. The number of hydrogen-bond donors (Lipinski definition) is 0. The lowest BCUT2D eigenvalue weighted by Crippen LogP contribution is -2.48. The number of rotatable bonds is 5. The Balaban J connectivity index is 1.39. The van der Waals surface area contributed by atoms with Crippen LogP contribution in [-0.4, -0.2) is 30.6 Å². The Hall–Kier alpha value is -1.46. The minimum Gasteiger partial charge on any atom is -0.494 e. The Morgan fingerprint density at radius 3 is 2.50 bits per heavy atom. The molecule has 0 amide bonds. The standard InChI is InChI=1S/C18H23NO/c1-2-15-6-10-18(11-7-15)20-13-3-12-19-14-16-4-8-17(19)9-5-16/h1,6-7,10-11,16-17H,3-5,8-9,12-14H2. The van der Waals surface area contributed by atoms with Gasteiger partial charge in [-0.2, -0.15) is 0 Å². The molecule has 1 aliphatic carbocycles. The minimum absolute atomic E-state index is 0.795. The summed E-state index contributed by atoms with van der Waals surface area (Å²) in [5.74, 6) is 4.51. The van der Waals surface area contributed by atoms with Crippen LogP contribution in [0.3, 0.4) is 0 Å². The van der Waals surface area contributed by atoms with E-state index in [0.717, 1.165) is 36.3 Å². The van der Waals surface area contributed by atoms with E-state index in [1.807, 2.05) is 24.3 Å². The monoisotopic (exact) mass is 269 g/mol. The molecule has 1 aromatic carbocycles. The maximum Gasteiger partial charge on any atom is 0.119 e. The van der Waals surface area contributed by atoms with Crippen LogP contribution < -0.4 is 4.74 Å². The van der Waals surface area contributed by atoms with E-state index in [0.29, 0.717) is 0 Å². The summed E-state index contributed by atoms with van der Waals surface area (Å²) in [6, 6.07) is 8.63. The van der Waals surface area contributed by atoms with Gasteiger partial charge in [-0.1, -0.05) is 5.92 Å². The number of hydrogen-bond acceptors (Lipinski definition) is 2. The second-order valence-corrected chi connectivity index (χ2v) is 6.04. The molecular weight excluding hydrogens is 246 g/mol. The molecule has 4 rings (SSSR count). The Kier molecular flexibility index (Phi) is 4.28. The quantitative estimate of drug-likeness (QED) is 0.600. The molecule has 0 aromatic heterocycles. The molecule has 3 fully saturated rings. The first kappa shape index (κ1) is 13.5. The Labute approximate surface area is 122 Å². The van der Waals surface area contributed by atoms with Crippen molar-refractivity contribution in [2.45, 2.75) is 38.1 Å². The van der Waals surface area contributed by atoms with E-state index >= 15 is 0 Å². The SMILES string of the molecule is C#Cc1ccc(OCCCN2CC3CCC2CC3)cc1. The zero-order chi connectivity index (χ0) is 13.8. The Morgan fingerprint density at radius 1 is 1.15 bits per heavy atom. The van der Waals surface area contributed by atoms with Gasteiger partial charge < -0.3 is 4.74 Å². The molecular formula is C18H23NO. The van der Waals surface area contributed by atoms with Crippen molar-refractivity contribution < 1.29 is 4.74 Å². The van der Waals surface area contributed by atoms with E-state index in [9.17, 15) is 0 Å². The van der Waals surface area contributed by atoms with Gasteiger partial charge in [0, 0.05) is 24.7 Å². The van der Waals surface area contributed by atoms with Gasteiger partial charge in [-0.3, -0.25) is 4.90 Å². The smallest absolute Gasteiger partial charge is 0.119 e. The largest absolute Gasteiger partial charge is 0.494 e. The van der Waals surface area contributed by atoms with E-state index in [4.69, 9.17) is 11.2 Å². The highest BCUT2D eigenvalue weighted by Gasteiger charge is 2.32. The summed E-state index contributed by atoms with van der Waals surface area (Å²) in [6.07, 6.45) is 12.2. The van der Waals surface area contributed by atoms with Crippen LogP contribution in [0.15, 0.2) is 24.3 Å². The molecule has 0 spiro atoms.